The highest BCUT2D eigenvalue weighted by molar-refractivity contribution is 7.93. The number of carboxylic acid groups (broad SMARTS) is 1. The first-order valence-electron chi connectivity index (χ1n) is 4.58. The van der Waals surface area contributed by atoms with Gasteiger partial charge in [0.2, 0.25) is 14.7 Å². The minimum Gasteiger partial charge on any atom is -0.479 e. The summed E-state index contributed by atoms with van der Waals surface area (Å²) in [6, 6.07) is 0. The van der Waals surface area contributed by atoms with Gasteiger partial charge in [-0.15, -0.1) is 12.4 Å². The van der Waals surface area contributed by atoms with Crippen LogP contribution in [0.25, 0.3) is 0 Å². The molecule has 1 heterocycles. The number of hydrogen-bond donors (Lipinski definition) is 3. The first kappa shape index (κ1) is 16.8. The van der Waals surface area contributed by atoms with Gasteiger partial charge < -0.3 is 21.1 Å². The van der Waals surface area contributed by atoms with E-state index in [1.807, 2.05) is 0 Å². The second kappa shape index (κ2) is 5.22. The van der Waals surface area contributed by atoms with Crippen LogP contribution in [0.5, 0.6) is 0 Å². The van der Waals surface area contributed by atoms with Crippen LogP contribution in [0, 0.1) is 13.8 Å². The first-order valence-corrected chi connectivity index (χ1v) is 6.06. The molecule has 1 rings (SSSR count). The molecular formula is C8H14ClN3O5S. The monoisotopic (exact) mass is 299 g/mol. The third-order valence-corrected chi connectivity index (χ3v) is 4.80. The lowest BCUT2D eigenvalue weighted by molar-refractivity contribution is -0.139. The van der Waals surface area contributed by atoms with Gasteiger partial charge in [-0.3, -0.25) is 0 Å². The summed E-state index contributed by atoms with van der Waals surface area (Å²) in [6.07, 6.45) is 0. The van der Waals surface area contributed by atoms with Crippen molar-refractivity contribution in [3.8, 4) is 0 Å². The van der Waals surface area contributed by atoms with Crippen LogP contribution in [0.4, 0.5) is 0 Å². The third-order valence-electron chi connectivity index (χ3n) is 2.38. The Morgan fingerprint density at radius 1 is 1.50 bits per heavy atom. The molecule has 1 aromatic rings. The number of aliphatic carboxylic acids is 1. The normalized spacial score (nSPS) is 14.7. The van der Waals surface area contributed by atoms with Crippen LogP contribution < -0.4 is 11.5 Å². The number of rotatable bonds is 4. The van der Waals surface area contributed by atoms with Crippen molar-refractivity contribution in [2.45, 2.75) is 23.6 Å². The summed E-state index contributed by atoms with van der Waals surface area (Å²) in [7, 11) is -4.37. The van der Waals surface area contributed by atoms with Crippen molar-refractivity contribution in [1.29, 1.82) is 0 Å². The summed E-state index contributed by atoms with van der Waals surface area (Å²) in [5, 5.41) is 12.4. The number of aryl methyl sites for hydroxylation is 2. The number of nitrogens with two attached hydrogens (primary N) is 2. The van der Waals surface area contributed by atoms with E-state index >= 15 is 0 Å². The van der Waals surface area contributed by atoms with Crippen LogP contribution in [0.15, 0.2) is 9.42 Å². The Morgan fingerprint density at radius 3 is 2.28 bits per heavy atom. The minimum absolute atomic E-state index is 0. The largest absolute Gasteiger partial charge is 0.479 e. The Hall–Kier alpha value is -1.16. The van der Waals surface area contributed by atoms with Crippen molar-refractivity contribution in [1.82, 2.24) is 5.16 Å². The highest BCUT2D eigenvalue weighted by Crippen LogP contribution is 2.27. The quantitative estimate of drug-likeness (QED) is 0.653. The zero-order chi connectivity index (χ0) is 13.4. The fraction of sp³-hybridized carbons (Fsp3) is 0.500. The van der Waals surface area contributed by atoms with Gasteiger partial charge >= 0.3 is 5.97 Å². The molecule has 1 aromatic heterocycles. The minimum atomic E-state index is -4.37. The van der Waals surface area contributed by atoms with Crippen molar-refractivity contribution >= 4 is 28.2 Å². The Kier molecular flexibility index (Phi) is 4.89. The van der Waals surface area contributed by atoms with Gasteiger partial charge in [0.05, 0.1) is 5.69 Å². The smallest absolute Gasteiger partial charge is 0.341 e. The molecule has 18 heavy (non-hydrogen) atoms. The highest BCUT2D eigenvalue weighted by atomic mass is 35.5. The zero-order valence-electron chi connectivity index (χ0n) is 9.71. The Morgan fingerprint density at radius 2 is 2.00 bits per heavy atom. The third kappa shape index (κ3) is 2.21. The molecule has 0 bridgehead atoms. The van der Waals surface area contributed by atoms with Gasteiger partial charge in [0.25, 0.3) is 0 Å². The van der Waals surface area contributed by atoms with Crippen molar-refractivity contribution in [3.63, 3.8) is 0 Å². The molecule has 5 N–H and O–H groups in total. The van der Waals surface area contributed by atoms with Crippen molar-refractivity contribution < 1.29 is 22.8 Å². The number of carboxylic acids is 1. The van der Waals surface area contributed by atoms with E-state index in [-0.39, 0.29) is 28.8 Å². The van der Waals surface area contributed by atoms with E-state index in [9.17, 15) is 13.2 Å². The molecule has 0 aliphatic rings. The van der Waals surface area contributed by atoms with Gasteiger partial charge in [-0.2, -0.15) is 0 Å². The Balaban J connectivity index is 0.00000289. The predicted molar refractivity (Wildman–Crippen MR) is 64.0 cm³/mol. The molecule has 0 spiro atoms. The Labute approximate surface area is 110 Å². The highest BCUT2D eigenvalue weighted by Gasteiger charge is 2.49. The van der Waals surface area contributed by atoms with Gasteiger partial charge in [-0.25, -0.2) is 13.2 Å². The summed E-state index contributed by atoms with van der Waals surface area (Å²) in [6.45, 7) is 1.97. The molecule has 10 heteroatoms. The molecule has 0 fully saturated rings. The zero-order valence-corrected chi connectivity index (χ0v) is 11.3. The standard InChI is InChI=1S/C8H13N3O5S.ClH/c1-4-6(5(2)16-11-4)17(14,15)8(10,3-9)7(12)13;/h3,9-10H2,1-2H3,(H,12,13);1H/t8-;/m0./s1. The van der Waals surface area contributed by atoms with Gasteiger partial charge in [0, 0.05) is 6.54 Å². The van der Waals surface area contributed by atoms with Gasteiger partial charge in [-0.05, 0) is 13.8 Å². The average Bonchev–Trinajstić information content (AvgIpc) is 2.56. The summed E-state index contributed by atoms with van der Waals surface area (Å²) in [5.41, 5.74) is 10.6. The van der Waals surface area contributed by atoms with E-state index in [2.05, 4.69) is 9.68 Å². The SMILES string of the molecule is Cc1noc(C)c1S(=O)(=O)[C@@](N)(CN)C(=O)O.Cl. The molecule has 0 aliphatic carbocycles. The fourth-order valence-corrected chi connectivity index (χ4v) is 3.01. The van der Waals surface area contributed by atoms with Gasteiger partial charge in [-0.1, -0.05) is 5.16 Å². The van der Waals surface area contributed by atoms with Crippen LogP contribution in [0.1, 0.15) is 11.5 Å². The summed E-state index contributed by atoms with van der Waals surface area (Å²) in [4.78, 5) is 8.07. The van der Waals surface area contributed by atoms with E-state index in [4.69, 9.17) is 16.6 Å². The molecule has 0 aromatic carbocycles. The molecule has 0 amide bonds. The van der Waals surface area contributed by atoms with Gasteiger partial charge in [0.1, 0.15) is 4.90 Å². The van der Waals surface area contributed by atoms with E-state index in [0.717, 1.165) is 0 Å². The predicted octanol–water partition coefficient (Wildman–Crippen LogP) is -0.815. The second-order valence-corrected chi connectivity index (χ2v) is 5.70. The fourth-order valence-electron chi connectivity index (χ4n) is 1.35. The van der Waals surface area contributed by atoms with Crippen LogP contribution in [0.3, 0.4) is 0 Å². The maximum atomic E-state index is 12.1. The number of sulfone groups is 1. The summed E-state index contributed by atoms with van der Waals surface area (Å²) < 4.78 is 29.0. The van der Waals surface area contributed by atoms with E-state index in [1.54, 1.807) is 0 Å². The lowest BCUT2D eigenvalue weighted by atomic mass is 10.3. The maximum Gasteiger partial charge on any atom is 0.341 e. The summed E-state index contributed by atoms with van der Waals surface area (Å²) >= 11 is 0. The molecule has 104 valence electrons. The molecule has 0 saturated heterocycles. The van der Waals surface area contributed by atoms with Crippen LogP contribution in [0.2, 0.25) is 0 Å². The van der Waals surface area contributed by atoms with E-state index in [1.165, 1.54) is 13.8 Å². The topological polar surface area (TPSA) is 150 Å². The van der Waals surface area contributed by atoms with Crippen molar-refractivity contribution in [2.75, 3.05) is 6.54 Å². The van der Waals surface area contributed by atoms with Crippen LogP contribution in [-0.4, -0.2) is 36.1 Å². The van der Waals surface area contributed by atoms with Crippen LogP contribution in [-0.2, 0) is 14.6 Å². The van der Waals surface area contributed by atoms with Crippen molar-refractivity contribution in [2.24, 2.45) is 11.5 Å². The number of aromatic nitrogens is 1. The molecule has 0 unspecified atom stereocenters. The molecule has 0 saturated carbocycles. The molecular weight excluding hydrogens is 286 g/mol. The second-order valence-electron chi connectivity index (χ2n) is 3.56. The molecule has 8 nitrogen and oxygen atoms in total. The number of carbonyl (C=O) groups is 1. The lowest BCUT2D eigenvalue weighted by Crippen LogP contribution is -2.59. The van der Waals surface area contributed by atoms with E-state index in [0.29, 0.717) is 0 Å². The van der Waals surface area contributed by atoms with E-state index < -0.39 is 27.2 Å². The molecule has 1 atom stereocenters. The first-order chi connectivity index (χ1) is 7.68. The number of halogens is 1. The average molecular weight is 300 g/mol. The summed E-state index contributed by atoms with van der Waals surface area (Å²) in [5.74, 6) is -1.74. The van der Waals surface area contributed by atoms with Crippen LogP contribution >= 0.6 is 12.4 Å². The maximum absolute atomic E-state index is 12.1. The molecule has 0 radical (unpaired) electrons. The number of hydrogen-bond acceptors (Lipinski definition) is 7. The van der Waals surface area contributed by atoms with Crippen molar-refractivity contribution in [3.05, 3.63) is 11.5 Å². The molecule has 0 aliphatic heterocycles. The lowest BCUT2D eigenvalue weighted by Gasteiger charge is -2.22. The number of nitrogens with zero attached hydrogens (tertiary/aromatic N) is 1. The van der Waals surface area contributed by atoms with Gasteiger partial charge in [0.15, 0.2) is 5.76 Å². The Bertz CT molecular complexity index is 536.